The highest BCUT2D eigenvalue weighted by atomic mass is 79.9. The Morgan fingerprint density at radius 3 is 2.86 bits per heavy atom. The molecule has 1 unspecified atom stereocenters. The van der Waals surface area contributed by atoms with Crippen molar-refractivity contribution in [1.82, 2.24) is 15.1 Å². The van der Waals surface area contributed by atoms with Gasteiger partial charge in [-0.3, -0.25) is 0 Å². The smallest absolute Gasteiger partial charge is 0.0690 e. The lowest BCUT2D eigenvalue weighted by Crippen LogP contribution is -2.18. The van der Waals surface area contributed by atoms with E-state index < -0.39 is 0 Å². The molecule has 0 radical (unpaired) electrons. The van der Waals surface area contributed by atoms with Crippen molar-refractivity contribution in [2.75, 3.05) is 0 Å². The van der Waals surface area contributed by atoms with Gasteiger partial charge in [0, 0.05) is 34.3 Å². The molecule has 1 atom stereocenters. The van der Waals surface area contributed by atoms with Gasteiger partial charge in [-0.25, -0.2) is 4.68 Å². The van der Waals surface area contributed by atoms with Crippen LogP contribution in [0.2, 0.25) is 0 Å². The Bertz CT molecular complexity index is 706. The van der Waals surface area contributed by atoms with Gasteiger partial charge in [-0.1, -0.05) is 18.2 Å². The van der Waals surface area contributed by atoms with Crippen LogP contribution in [-0.2, 0) is 6.54 Å². The van der Waals surface area contributed by atoms with E-state index in [1.165, 1.54) is 14.9 Å². The second-order valence-corrected chi connectivity index (χ2v) is 6.62. The van der Waals surface area contributed by atoms with Gasteiger partial charge in [0.2, 0.25) is 0 Å². The van der Waals surface area contributed by atoms with E-state index in [2.05, 4.69) is 62.9 Å². The zero-order chi connectivity index (χ0) is 14.7. The van der Waals surface area contributed by atoms with Crippen molar-refractivity contribution in [3.63, 3.8) is 0 Å². The van der Waals surface area contributed by atoms with Crippen molar-refractivity contribution in [3.8, 4) is 5.69 Å². The van der Waals surface area contributed by atoms with Gasteiger partial charge in [-0.15, -0.1) is 11.3 Å². The monoisotopic (exact) mass is 361 g/mol. The highest BCUT2D eigenvalue weighted by Crippen LogP contribution is 2.29. The summed E-state index contributed by atoms with van der Waals surface area (Å²) in [7, 11) is 0. The Labute approximate surface area is 136 Å². The summed E-state index contributed by atoms with van der Waals surface area (Å²) in [6.07, 6.45) is 3.77. The van der Waals surface area contributed by atoms with Crippen molar-refractivity contribution in [3.05, 3.63) is 69.1 Å². The Morgan fingerprint density at radius 2 is 2.14 bits per heavy atom. The van der Waals surface area contributed by atoms with E-state index in [0.717, 1.165) is 12.2 Å². The predicted molar refractivity (Wildman–Crippen MR) is 90.8 cm³/mol. The summed E-state index contributed by atoms with van der Waals surface area (Å²) in [4.78, 5) is 1.33. The molecule has 5 heteroatoms. The molecule has 21 heavy (non-hydrogen) atoms. The van der Waals surface area contributed by atoms with Gasteiger partial charge in [0.25, 0.3) is 0 Å². The number of para-hydroxylation sites is 1. The van der Waals surface area contributed by atoms with E-state index in [0.29, 0.717) is 6.04 Å². The third kappa shape index (κ3) is 3.26. The third-order valence-corrected chi connectivity index (χ3v) is 5.43. The van der Waals surface area contributed by atoms with Crippen LogP contribution in [0.25, 0.3) is 5.69 Å². The normalized spacial score (nSPS) is 12.5. The molecule has 108 valence electrons. The number of halogens is 1. The molecule has 3 nitrogen and oxygen atoms in total. The number of nitrogens with one attached hydrogen (secondary N) is 1. The van der Waals surface area contributed by atoms with E-state index in [-0.39, 0.29) is 0 Å². The molecule has 0 saturated carbocycles. The van der Waals surface area contributed by atoms with Gasteiger partial charge < -0.3 is 5.32 Å². The van der Waals surface area contributed by atoms with Gasteiger partial charge in [0.05, 0.1) is 5.69 Å². The predicted octanol–water partition coefficient (Wildman–Crippen LogP) is 4.55. The number of rotatable bonds is 5. The van der Waals surface area contributed by atoms with Gasteiger partial charge in [-0.05, 0) is 52.0 Å². The van der Waals surface area contributed by atoms with Crippen molar-refractivity contribution < 1.29 is 0 Å². The maximum atomic E-state index is 4.32. The average Bonchev–Trinajstić information content (AvgIpc) is 3.16. The van der Waals surface area contributed by atoms with Crippen LogP contribution in [0.5, 0.6) is 0 Å². The molecule has 0 aliphatic rings. The topological polar surface area (TPSA) is 29.9 Å². The van der Waals surface area contributed by atoms with Gasteiger partial charge in [0.15, 0.2) is 0 Å². The summed E-state index contributed by atoms with van der Waals surface area (Å²) in [6.45, 7) is 2.99. The largest absolute Gasteiger partial charge is 0.305 e. The summed E-state index contributed by atoms with van der Waals surface area (Å²) in [5.74, 6) is 0. The minimum atomic E-state index is 0.310. The molecule has 2 heterocycles. The van der Waals surface area contributed by atoms with Crippen LogP contribution in [0.3, 0.4) is 0 Å². The second-order valence-electron chi connectivity index (χ2n) is 4.81. The molecule has 0 bridgehead atoms. The lowest BCUT2D eigenvalue weighted by molar-refractivity contribution is 0.579. The minimum absolute atomic E-state index is 0.310. The highest BCUT2D eigenvalue weighted by molar-refractivity contribution is 9.10. The fraction of sp³-hybridized carbons (Fsp3) is 0.188. The molecule has 1 aromatic carbocycles. The maximum Gasteiger partial charge on any atom is 0.0690 e. The minimum Gasteiger partial charge on any atom is -0.305 e. The molecule has 0 fully saturated rings. The van der Waals surface area contributed by atoms with E-state index in [1.807, 2.05) is 23.0 Å². The van der Waals surface area contributed by atoms with Crippen molar-refractivity contribution >= 4 is 27.3 Å². The van der Waals surface area contributed by atoms with Crippen LogP contribution in [-0.4, -0.2) is 9.78 Å². The second kappa shape index (κ2) is 6.56. The number of nitrogens with zero attached hydrogens (tertiary/aromatic N) is 2. The average molecular weight is 362 g/mol. The number of thiophene rings is 1. The first-order valence-electron chi connectivity index (χ1n) is 6.80. The molecule has 3 rings (SSSR count). The zero-order valence-corrected chi connectivity index (χ0v) is 14.1. The van der Waals surface area contributed by atoms with Gasteiger partial charge >= 0.3 is 0 Å². The van der Waals surface area contributed by atoms with E-state index in [4.69, 9.17) is 0 Å². The fourth-order valence-electron chi connectivity index (χ4n) is 2.27. The quantitative estimate of drug-likeness (QED) is 0.722. The lowest BCUT2D eigenvalue weighted by Gasteiger charge is -2.15. The molecule has 0 aliphatic carbocycles. The zero-order valence-electron chi connectivity index (χ0n) is 11.7. The van der Waals surface area contributed by atoms with Crippen LogP contribution in [0, 0.1) is 0 Å². The molecule has 0 saturated heterocycles. The number of hydrogen-bond acceptors (Lipinski definition) is 3. The van der Waals surface area contributed by atoms with E-state index in [1.54, 1.807) is 17.5 Å². The Kier molecular flexibility index (Phi) is 4.53. The first kappa shape index (κ1) is 14.5. The number of aromatic nitrogens is 2. The molecule has 3 aromatic rings. The molecule has 0 amide bonds. The molecular formula is C16H16BrN3S. The standard InChI is InChI=1S/C16H16BrN3S/c1-12(16-14(17)7-10-21-16)18-11-13-5-2-3-6-15(13)20-9-4-8-19-20/h2-10,12,18H,11H2,1H3. The van der Waals surface area contributed by atoms with Gasteiger partial charge in [0.1, 0.15) is 0 Å². The van der Waals surface area contributed by atoms with E-state index >= 15 is 0 Å². The fourth-order valence-corrected chi connectivity index (χ4v) is 4.01. The molecule has 2 aromatic heterocycles. The number of hydrogen-bond donors (Lipinski definition) is 1. The molecule has 0 spiro atoms. The SMILES string of the molecule is CC(NCc1ccccc1-n1cccn1)c1sccc1Br. The lowest BCUT2D eigenvalue weighted by atomic mass is 10.1. The van der Waals surface area contributed by atoms with E-state index in [9.17, 15) is 0 Å². The maximum absolute atomic E-state index is 4.32. The summed E-state index contributed by atoms with van der Waals surface area (Å²) < 4.78 is 3.08. The molecule has 0 aliphatic heterocycles. The molecule has 1 N–H and O–H groups in total. The van der Waals surface area contributed by atoms with Crippen molar-refractivity contribution in [1.29, 1.82) is 0 Å². The van der Waals surface area contributed by atoms with Crippen molar-refractivity contribution in [2.45, 2.75) is 19.5 Å². The first-order chi connectivity index (χ1) is 10.3. The Balaban J connectivity index is 1.76. The summed E-state index contributed by atoms with van der Waals surface area (Å²) in [6, 6.07) is 12.7. The summed E-state index contributed by atoms with van der Waals surface area (Å²) in [5, 5.41) is 10.0. The van der Waals surface area contributed by atoms with Crippen molar-refractivity contribution in [2.24, 2.45) is 0 Å². The number of benzene rings is 1. The van der Waals surface area contributed by atoms with Crippen LogP contribution in [0.4, 0.5) is 0 Å². The highest BCUT2D eigenvalue weighted by Gasteiger charge is 2.11. The molecular weight excluding hydrogens is 346 g/mol. The van der Waals surface area contributed by atoms with Crippen LogP contribution in [0.15, 0.2) is 58.6 Å². The Hall–Kier alpha value is -1.43. The first-order valence-corrected chi connectivity index (χ1v) is 8.47. The van der Waals surface area contributed by atoms with Crippen LogP contribution in [0.1, 0.15) is 23.4 Å². The summed E-state index contributed by atoms with van der Waals surface area (Å²) >= 11 is 5.36. The van der Waals surface area contributed by atoms with Crippen LogP contribution >= 0.6 is 27.3 Å². The Morgan fingerprint density at radius 1 is 1.29 bits per heavy atom. The third-order valence-electron chi connectivity index (χ3n) is 3.38. The van der Waals surface area contributed by atoms with Crippen LogP contribution < -0.4 is 5.32 Å². The summed E-state index contributed by atoms with van der Waals surface area (Å²) in [5.41, 5.74) is 2.35. The van der Waals surface area contributed by atoms with Gasteiger partial charge in [-0.2, -0.15) is 5.10 Å².